The Morgan fingerprint density at radius 1 is 1.27 bits per heavy atom. The first kappa shape index (κ1) is 7.60. The standard InChI is InChI=1S/C10H18O/c1-8-4-7-9(8,2)10(11)5-3-6-10/h8,11H,3-7H2,1-2H3/t8-,9-/m0/s1. The van der Waals surface area contributed by atoms with Crippen LogP contribution < -0.4 is 0 Å². The molecule has 2 aliphatic carbocycles. The van der Waals surface area contributed by atoms with Crippen LogP contribution in [-0.4, -0.2) is 10.7 Å². The molecule has 2 fully saturated rings. The fourth-order valence-corrected chi connectivity index (χ4v) is 2.64. The summed E-state index contributed by atoms with van der Waals surface area (Å²) in [5.74, 6) is 0.743. The first-order valence-corrected chi connectivity index (χ1v) is 4.81. The van der Waals surface area contributed by atoms with Crippen LogP contribution in [0, 0.1) is 11.3 Å². The maximum Gasteiger partial charge on any atom is 0.0703 e. The van der Waals surface area contributed by atoms with E-state index in [2.05, 4.69) is 13.8 Å². The fourth-order valence-electron chi connectivity index (χ4n) is 2.64. The number of rotatable bonds is 1. The summed E-state index contributed by atoms with van der Waals surface area (Å²) < 4.78 is 0. The molecule has 0 spiro atoms. The molecule has 0 saturated heterocycles. The summed E-state index contributed by atoms with van der Waals surface area (Å²) in [6.07, 6.45) is 5.89. The van der Waals surface area contributed by atoms with Gasteiger partial charge in [0, 0.05) is 0 Å². The molecule has 64 valence electrons. The minimum Gasteiger partial charge on any atom is -0.389 e. The smallest absolute Gasteiger partial charge is 0.0703 e. The third-order valence-corrected chi connectivity index (χ3v) is 4.43. The average Bonchev–Trinajstić information content (AvgIpc) is 1.95. The molecule has 0 bridgehead atoms. The molecule has 0 amide bonds. The van der Waals surface area contributed by atoms with Crippen LogP contribution in [0.2, 0.25) is 0 Å². The summed E-state index contributed by atoms with van der Waals surface area (Å²) in [5, 5.41) is 10.2. The zero-order valence-corrected chi connectivity index (χ0v) is 7.56. The van der Waals surface area contributed by atoms with Gasteiger partial charge in [0.15, 0.2) is 0 Å². The zero-order valence-electron chi connectivity index (χ0n) is 7.56. The van der Waals surface area contributed by atoms with E-state index in [1.165, 1.54) is 19.3 Å². The monoisotopic (exact) mass is 154 g/mol. The minimum absolute atomic E-state index is 0.269. The Balaban J connectivity index is 2.13. The lowest BCUT2D eigenvalue weighted by atomic mass is 9.48. The molecule has 0 aromatic heterocycles. The highest BCUT2D eigenvalue weighted by molar-refractivity contribution is 5.08. The van der Waals surface area contributed by atoms with Crippen LogP contribution in [-0.2, 0) is 0 Å². The molecule has 2 saturated carbocycles. The normalized spacial score (nSPS) is 47.7. The van der Waals surface area contributed by atoms with Crippen molar-refractivity contribution in [3.63, 3.8) is 0 Å². The molecule has 1 N–H and O–H groups in total. The number of hydrogen-bond acceptors (Lipinski definition) is 1. The van der Waals surface area contributed by atoms with E-state index in [4.69, 9.17) is 0 Å². The molecule has 0 radical (unpaired) electrons. The van der Waals surface area contributed by atoms with Crippen molar-refractivity contribution in [3.8, 4) is 0 Å². The Hall–Kier alpha value is -0.0400. The topological polar surface area (TPSA) is 20.2 Å². The quantitative estimate of drug-likeness (QED) is 0.614. The van der Waals surface area contributed by atoms with Crippen LogP contribution in [0.1, 0.15) is 46.0 Å². The highest BCUT2D eigenvalue weighted by atomic mass is 16.3. The number of aliphatic hydroxyl groups is 1. The second kappa shape index (κ2) is 2.01. The molecular weight excluding hydrogens is 136 g/mol. The second-order valence-corrected chi connectivity index (χ2v) is 4.74. The predicted octanol–water partition coefficient (Wildman–Crippen LogP) is 2.34. The van der Waals surface area contributed by atoms with Crippen LogP contribution in [0.3, 0.4) is 0 Å². The molecule has 0 unspecified atom stereocenters. The molecule has 0 heterocycles. The van der Waals surface area contributed by atoms with Gasteiger partial charge >= 0.3 is 0 Å². The Morgan fingerprint density at radius 2 is 1.91 bits per heavy atom. The summed E-state index contributed by atoms with van der Waals surface area (Å²) >= 11 is 0. The van der Waals surface area contributed by atoms with Crippen molar-refractivity contribution in [1.82, 2.24) is 0 Å². The van der Waals surface area contributed by atoms with Crippen molar-refractivity contribution in [2.45, 2.75) is 51.6 Å². The van der Waals surface area contributed by atoms with Crippen molar-refractivity contribution < 1.29 is 5.11 Å². The van der Waals surface area contributed by atoms with Crippen LogP contribution in [0.4, 0.5) is 0 Å². The van der Waals surface area contributed by atoms with Crippen molar-refractivity contribution in [3.05, 3.63) is 0 Å². The summed E-state index contributed by atoms with van der Waals surface area (Å²) in [4.78, 5) is 0. The van der Waals surface area contributed by atoms with Crippen LogP contribution in [0.15, 0.2) is 0 Å². The lowest BCUT2D eigenvalue weighted by Crippen LogP contribution is -2.59. The van der Waals surface area contributed by atoms with Crippen molar-refractivity contribution in [2.75, 3.05) is 0 Å². The predicted molar refractivity (Wildman–Crippen MR) is 45.3 cm³/mol. The third-order valence-electron chi connectivity index (χ3n) is 4.43. The molecule has 0 aromatic rings. The molecule has 1 heteroatoms. The van der Waals surface area contributed by atoms with E-state index >= 15 is 0 Å². The Morgan fingerprint density at radius 3 is 2.00 bits per heavy atom. The van der Waals surface area contributed by atoms with Crippen LogP contribution >= 0.6 is 0 Å². The Bertz CT molecular complexity index is 172. The first-order chi connectivity index (χ1) is 5.08. The van der Waals surface area contributed by atoms with Gasteiger partial charge in [-0.2, -0.15) is 0 Å². The van der Waals surface area contributed by atoms with Crippen LogP contribution in [0.5, 0.6) is 0 Å². The zero-order chi connectivity index (χ0) is 8.11. The summed E-state index contributed by atoms with van der Waals surface area (Å²) in [5.41, 5.74) is -0.00405. The van der Waals surface area contributed by atoms with Gasteiger partial charge in [-0.1, -0.05) is 13.8 Å². The van der Waals surface area contributed by atoms with Crippen LogP contribution in [0.25, 0.3) is 0 Å². The van der Waals surface area contributed by atoms with E-state index in [9.17, 15) is 5.11 Å². The van der Waals surface area contributed by atoms with E-state index in [0.29, 0.717) is 0 Å². The molecule has 2 atom stereocenters. The van der Waals surface area contributed by atoms with E-state index in [0.717, 1.165) is 18.8 Å². The molecule has 11 heavy (non-hydrogen) atoms. The lowest BCUT2D eigenvalue weighted by Gasteiger charge is -2.59. The first-order valence-electron chi connectivity index (χ1n) is 4.81. The highest BCUT2D eigenvalue weighted by Gasteiger charge is 2.57. The van der Waals surface area contributed by atoms with Crippen molar-refractivity contribution >= 4 is 0 Å². The van der Waals surface area contributed by atoms with Crippen molar-refractivity contribution in [2.24, 2.45) is 11.3 Å². The van der Waals surface area contributed by atoms with Gasteiger partial charge in [0.1, 0.15) is 0 Å². The van der Waals surface area contributed by atoms with Gasteiger partial charge in [0.05, 0.1) is 5.60 Å². The summed E-state index contributed by atoms with van der Waals surface area (Å²) in [6, 6.07) is 0. The van der Waals surface area contributed by atoms with Gasteiger partial charge in [-0.3, -0.25) is 0 Å². The minimum atomic E-state index is -0.273. The average molecular weight is 154 g/mol. The lowest BCUT2D eigenvalue weighted by molar-refractivity contribution is -0.192. The van der Waals surface area contributed by atoms with Crippen molar-refractivity contribution in [1.29, 1.82) is 0 Å². The van der Waals surface area contributed by atoms with E-state index < -0.39 is 0 Å². The molecule has 2 aliphatic rings. The maximum atomic E-state index is 10.2. The molecule has 0 aromatic carbocycles. The van der Waals surface area contributed by atoms with Gasteiger partial charge < -0.3 is 5.11 Å². The third kappa shape index (κ3) is 0.752. The molecule has 0 aliphatic heterocycles. The Kier molecular flexibility index (Phi) is 1.39. The fraction of sp³-hybridized carbons (Fsp3) is 1.00. The highest BCUT2D eigenvalue weighted by Crippen LogP contribution is 2.59. The Labute approximate surface area is 68.8 Å². The van der Waals surface area contributed by atoms with E-state index in [1.54, 1.807) is 0 Å². The molecular formula is C10H18O. The maximum absolute atomic E-state index is 10.2. The largest absolute Gasteiger partial charge is 0.389 e. The second-order valence-electron chi connectivity index (χ2n) is 4.74. The van der Waals surface area contributed by atoms with Gasteiger partial charge in [0.2, 0.25) is 0 Å². The van der Waals surface area contributed by atoms with Gasteiger partial charge in [-0.15, -0.1) is 0 Å². The number of hydrogen-bond donors (Lipinski definition) is 1. The summed E-state index contributed by atoms with van der Waals surface area (Å²) in [7, 11) is 0. The van der Waals surface area contributed by atoms with Gasteiger partial charge in [-0.25, -0.2) is 0 Å². The van der Waals surface area contributed by atoms with Gasteiger partial charge in [0.25, 0.3) is 0 Å². The van der Waals surface area contributed by atoms with Gasteiger partial charge in [-0.05, 0) is 43.4 Å². The van der Waals surface area contributed by atoms with E-state index in [-0.39, 0.29) is 11.0 Å². The molecule has 1 nitrogen and oxygen atoms in total. The molecule has 2 rings (SSSR count). The van der Waals surface area contributed by atoms with E-state index in [1.807, 2.05) is 0 Å². The summed E-state index contributed by atoms with van der Waals surface area (Å²) in [6.45, 7) is 4.54. The SMILES string of the molecule is C[C@H]1CC[C@]1(C)C1(O)CCC1.